The van der Waals surface area contributed by atoms with Crippen LogP contribution in [0.1, 0.15) is 63.2 Å². The molecule has 0 bridgehead atoms. The van der Waals surface area contributed by atoms with Crippen LogP contribution in [0.15, 0.2) is 36.8 Å². The number of hydrogen-bond acceptors (Lipinski definition) is 6. The molecule has 1 atom stereocenters. The molecule has 0 aliphatic heterocycles. The lowest BCUT2D eigenvalue weighted by Crippen LogP contribution is -2.28. The number of amides is 2. The highest BCUT2D eigenvalue weighted by Crippen LogP contribution is 2.34. The Morgan fingerprint density at radius 1 is 1.11 bits per heavy atom. The van der Waals surface area contributed by atoms with E-state index in [-0.39, 0.29) is 17.3 Å². The second-order valence-electron chi connectivity index (χ2n) is 7.48. The number of alkyl halides is 5. The molecule has 2 amide bonds. The summed E-state index contributed by atoms with van der Waals surface area (Å²) in [7, 11) is 1.64. The summed E-state index contributed by atoms with van der Waals surface area (Å²) in [5.41, 5.74) is -2.35. The fourth-order valence-electron chi connectivity index (χ4n) is 3.07. The van der Waals surface area contributed by atoms with Crippen LogP contribution in [0.5, 0.6) is 0 Å². The molecule has 3 aromatic rings. The minimum Gasteiger partial charge on any atom is -0.344 e. The number of nitrogens with one attached hydrogen (secondary N) is 1. The van der Waals surface area contributed by atoms with Crippen molar-refractivity contribution in [3.8, 4) is 10.7 Å². The molecule has 3 rings (SSSR count). The van der Waals surface area contributed by atoms with Crippen LogP contribution in [0.3, 0.4) is 0 Å². The molecule has 0 spiro atoms. The van der Waals surface area contributed by atoms with Gasteiger partial charge < -0.3 is 10.2 Å². The molecular weight excluding hydrogens is 493 g/mol. The highest BCUT2D eigenvalue weighted by atomic mass is 32.1. The number of carbonyl (C=O) groups is 2. The maximum absolute atomic E-state index is 13.1. The van der Waals surface area contributed by atoms with Gasteiger partial charge in [0.05, 0.1) is 23.5 Å². The van der Waals surface area contributed by atoms with Gasteiger partial charge in [0.1, 0.15) is 15.6 Å². The van der Waals surface area contributed by atoms with Gasteiger partial charge in [0.2, 0.25) is 0 Å². The van der Waals surface area contributed by atoms with E-state index in [1.54, 1.807) is 7.05 Å². The predicted octanol–water partition coefficient (Wildman–Crippen LogP) is 5.14. The number of aromatic nitrogens is 3. The summed E-state index contributed by atoms with van der Waals surface area (Å²) >= 11 is 1.07. The predicted molar refractivity (Wildman–Crippen MR) is 118 cm³/mol. The van der Waals surface area contributed by atoms with Crippen molar-refractivity contribution in [2.24, 2.45) is 0 Å². The molecule has 0 radical (unpaired) electrons. The van der Waals surface area contributed by atoms with Crippen molar-refractivity contribution < 1.29 is 31.5 Å². The van der Waals surface area contributed by atoms with E-state index in [0.717, 1.165) is 11.3 Å². The van der Waals surface area contributed by atoms with E-state index in [1.165, 1.54) is 30.4 Å². The number of hydrogen-bond donors (Lipinski definition) is 1. The van der Waals surface area contributed by atoms with Crippen LogP contribution in [-0.2, 0) is 6.18 Å². The number of carbonyl (C=O) groups excluding carboxylic acids is 2. The Hall–Kier alpha value is -3.48. The van der Waals surface area contributed by atoms with Crippen molar-refractivity contribution in [1.82, 2.24) is 25.2 Å². The third-order valence-corrected chi connectivity index (χ3v) is 6.01. The molecule has 1 aromatic carbocycles. The summed E-state index contributed by atoms with van der Waals surface area (Å²) < 4.78 is 65.7. The quantitative estimate of drug-likeness (QED) is 0.442. The van der Waals surface area contributed by atoms with Gasteiger partial charge in [-0.3, -0.25) is 19.6 Å². The number of thiazole rings is 1. The zero-order chi connectivity index (χ0) is 25.9. The van der Waals surface area contributed by atoms with Crippen LogP contribution in [0.25, 0.3) is 10.7 Å². The van der Waals surface area contributed by atoms with Crippen LogP contribution < -0.4 is 5.32 Å². The van der Waals surface area contributed by atoms with Gasteiger partial charge in [-0.25, -0.2) is 13.8 Å². The summed E-state index contributed by atoms with van der Waals surface area (Å²) in [6.07, 6.45) is -3.97. The first-order chi connectivity index (χ1) is 16.4. The summed E-state index contributed by atoms with van der Waals surface area (Å²) in [4.78, 5) is 39.6. The Labute approximate surface area is 201 Å². The molecule has 0 saturated heterocycles. The second-order valence-corrected chi connectivity index (χ2v) is 8.51. The first kappa shape index (κ1) is 26.1. The number of halogens is 5. The van der Waals surface area contributed by atoms with E-state index in [0.29, 0.717) is 34.6 Å². The minimum absolute atomic E-state index is 0.234. The summed E-state index contributed by atoms with van der Waals surface area (Å²) in [5.74, 6) is -1.23. The second kappa shape index (κ2) is 10.4. The lowest BCUT2D eigenvalue weighted by molar-refractivity contribution is -0.137. The normalized spacial score (nSPS) is 12.5. The Balaban J connectivity index is 1.89. The molecule has 35 heavy (non-hydrogen) atoms. The fraction of sp³-hybridized carbons (Fsp3) is 0.318. The van der Waals surface area contributed by atoms with Crippen molar-refractivity contribution in [2.45, 2.75) is 32.5 Å². The van der Waals surface area contributed by atoms with E-state index < -0.39 is 41.2 Å². The lowest BCUT2D eigenvalue weighted by atomic mass is 10.0. The van der Waals surface area contributed by atoms with Gasteiger partial charge >= 0.3 is 6.18 Å². The van der Waals surface area contributed by atoms with Gasteiger partial charge in [0.15, 0.2) is 0 Å². The van der Waals surface area contributed by atoms with Crippen LogP contribution in [-0.4, -0.2) is 45.3 Å². The zero-order valence-corrected chi connectivity index (χ0v) is 19.5. The van der Waals surface area contributed by atoms with Gasteiger partial charge in [-0.2, -0.15) is 13.2 Å². The minimum atomic E-state index is -4.91. The SMILES string of the molecule is CCN(C)C(=O)c1cnc(-c2nccnc2[C@H](C)NC(=O)c2cc(C(F)F)cc(C(F)(F)F)c2)s1. The van der Waals surface area contributed by atoms with E-state index >= 15 is 0 Å². The molecule has 13 heteroatoms. The molecule has 0 unspecified atom stereocenters. The number of nitrogens with zero attached hydrogens (tertiary/aromatic N) is 4. The summed E-state index contributed by atoms with van der Waals surface area (Å²) in [6.45, 7) is 3.82. The molecule has 2 aromatic heterocycles. The van der Waals surface area contributed by atoms with Crippen molar-refractivity contribution in [3.05, 3.63) is 64.1 Å². The largest absolute Gasteiger partial charge is 0.416 e. The van der Waals surface area contributed by atoms with E-state index in [9.17, 15) is 31.5 Å². The Morgan fingerprint density at radius 3 is 2.43 bits per heavy atom. The molecule has 186 valence electrons. The average molecular weight is 513 g/mol. The average Bonchev–Trinajstić information content (AvgIpc) is 3.32. The standard InChI is InChI=1S/C22H20F5N5O2S/c1-4-32(3)21(34)15-10-30-20(35-15)17-16(28-5-6-29-17)11(2)31-19(33)13-7-12(18(23)24)8-14(9-13)22(25,26)27/h5-11,18H,4H2,1-3H3,(H,31,33)/t11-/m0/s1. The molecule has 0 aliphatic rings. The zero-order valence-electron chi connectivity index (χ0n) is 18.7. The first-order valence-corrected chi connectivity index (χ1v) is 11.1. The maximum atomic E-state index is 13.1. The third-order valence-electron chi connectivity index (χ3n) is 5.02. The van der Waals surface area contributed by atoms with Crippen LogP contribution in [0.4, 0.5) is 22.0 Å². The monoisotopic (exact) mass is 513 g/mol. The Bertz CT molecular complexity index is 1230. The topological polar surface area (TPSA) is 88.1 Å². The molecule has 1 N–H and O–H groups in total. The number of rotatable bonds is 7. The highest BCUT2D eigenvalue weighted by molar-refractivity contribution is 7.16. The van der Waals surface area contributed by atoms with Crippen LogP contribution in [0, 0.1) is 0 Å². The van der Waals surface area contributed by atoms with Gasteiger partial charge in [-0.15, -0.1) is 11.3 Å². The van der Waals surface area contributed by atoms with Gasteiger partial charge in [-0.05, 0) is 32.0 Å². The van der Waals surface area contributed by atoms with Gasteiger partial charge in [-0.1, -0.05) is 0 Å². The molecule has 2 heterocycles. The van der Waals surface area contributed by atoms with Crippen molar-refractivity contribution in [2.75, 3.05) is 13.6 Å². The molecule has 0 saturated carbocycles. The van der Waals surface area contributed by atoms with Crippen LogP contribution in [0.2, 0.25) is 0 Å². The first-order valence-electron chi connectivity index (χ1n) is 10.3. The number of benzene rings is 1. The van der Waals surface area contributed by atoms with E-state index in [1.807, 2.05) is 6.92 Å². The van der Waals surface area contributed by atoms with Crippen molar-refractivity contribution in [3.63, 3.8) is 0 Å². The van der Waals surface area contributed by atoms with E-state index in [2.05, 4.69) is 20.3 Å². The van der Waals surface area contributed by atoms with E-state index in [4.69, 9.17) is 0 Å². The highest BCUT2D eigenvalue weighted by Gasteiger charge is 2.33. The smallest absolute Gasteiger partial charge is 0.344 e. The summed E-state index contributed by atoms with van der Waals surface area (Å²) in [5, 5.41) is 2.82. The molecule has 7 nitrogen and oxygen atoms in total. The molecule has 0 aliphatic carbocycles. The summed E-state index contributed by atoms with van der Waals surface area (Å²) in [6, 6.07) is 0.650. The maximum Gasteiger partial charge on any atom is 0.416 e. The third kappa shape index (κ3) is 5.96. The molecular formula is C22H20F5N5O2S. The fourth-order valence-corrected chi connectivity index (χ4v) is 3.98. The Kier molecular flexibility index (Phi) is 7.78. The van der Waals surface area contributed by atoms with Crippen LogP contribution >= 0.6 is 11.3 Å². The Morgan fingerprint density at radius 2 is 1.80 bits per heavy atom. The van der Waals surface area contributed by atoms with Crippen molar-refractivity contribution in [1.29, 1.82) is 0 Å². The lowest BCUT2D eigenvalue weighted by Gasteiger charge is -2.17. The van der Waals surface area contributed by atoms with Crippen molar-refractivity contribution >= 4 is 23.2 Å². The van der Waals surface area contributed by atoms with Gasteiger partial charge in [0.25, 0.3) is 18.2 Å². The molecule has 0 fully saturated rings. The van der Waals surface area contributed by atoms with Gasteiger partial charge in [0, 0.05) is 37.1 Å².